The molecule has 4 rings (SSSR count). The summed E-state index contributed by atoms with van der Waals surface area (Å²) in [5.41, 5.74) is 1.65. The third kappa shape index (κ3) is 5.06. The Labute approximate surface area is 191 Å². The largest absolute Gasteiger partial charge is 0.459 e. The molecule has 2 N–H and O–H groups in total. The second-order valence-electron chi connectivity index (χ2n) is 7.80. The first kappa shape index (κ1) is 22.1. The van der Waals surface area contributed by atoms with E-state index in [4.69, 9.17) is 8.83 Å². The van der Waals surface area contributed by atoms with Crippen LogP contribution in [-0.2, 0) is 11.3 Å². The highest BCUT2D eigenvalue weighted by Crippen LogP contribution is 2.31. The lowest BCUT2D eigenvalue weighted by Gasteiger charge is -2.31. The summed E-state index contributed by atoms with van der Waals surface area (Å²) in [6, 6.07) is 12.8. The molecule has 0 atom stereocenters. The number of nitrogens with one attached hydrogen (secondary N) is 2. The normalized spacial score (nSPS) is 14.0. The first-order chi connectivity index (χ1) is 16.1. The number of hydrogen-bond acceptors (Lipinski definition) is 7. The molecule has 2 amide bonds. The molecule has 0 spiro atoms. The van der Waals surface area contributed by atoms with Crippen molar-refractivity contribution in [3.05, 3.63) is 59.5 Å². The van der Waals surface area contributed by atoms with E-state index in [9.17, 15) is 14.9 Å². The Morgan fingerprint density at radius 1 is 1.21 bits per heavy atom. The van der Waals surface area contributed by atoms with Gasteiger partial charge in [-0.1, -0.05) is 12.1 Å². The first-order valence-electron chi connectivity index (χ1n) is 10.9. The molecule has 0 saturated carbocycles. The van der Waals surface area contributed by atoms with Gasteiger partial charge in [0.25, 0.3) is 11.8 Å². The molecule has 0 radical (unpaired) electrons. The van der Waals surface area contributed by atoms with Crippen LogP contribution < -0.4 is 15.5 Å². The molecular weight excluding hydrogens is 422 g/mol. The van der Waals surface area contributed by atoms with Crippen molar-refractivity contribution in [3.8, 4) is 17.7 Å². The standard InChI is InChI=1S/C24H25N5O4/c1-2-26-22(31)18-6-3-5-16(13-18)15-27-21(30)17-8-10-29(11-9-17)24-19(14-25)28-23(33-24)20-7-4-12-32-20/h3-7,12-13,17H,2,8-11,15H2,1H3,(H,26,31)(H,27,30). The van der Waals surface area contributed by atoms with Crippen LogP contribution in [0.15, 0.2) is 51.5 Å². The van der Waals surface area contributed by atoms with E-state index in [0.29, 0.717) is 56.2 Å². The van der Waals surface area contributed by atoms with Gasteiger partial charge in [0.1, 0.15) is 6.07 Å². The Balaban J connectivity index is 1.32. The SMILES string of the molecule is CCNC(=O)c1cccc(CNC(=O)C2CCN(c3oc(-c4ccco4)nc3C#N)CC2)c1. The summed E-state index contributed by atoms with van der Waals surface area (Å²) in [6.07, 6.45) is 2.78. The van der Waals surface area contributed by atoms with Crippen LogP contribution in [0.3, 0.4) is 0 Å². The number of carbonyl (C=O) groups is 2. The topological polar surface area (TPSA) is 124 Å². The summed E-state index contributed by atoms with van der Waals surface area (Å²) in [6.45, 7) is 3.94. The van der Waals surface area contributed by atoms with Gasteiger partial charge in [-0.2, -0.15) is 10.2 Å². The van der Waals surface area contributed by atoms with Gasteiger partial charge in [-0.15, -0.1) is 0 Å². The fraction of sp³-hybridized carbons (Fsp3) is 0.333. The fourth-order valence-corrected chi connectivity index (χ4v) is 3.87. The zero-order valence-corrected chi connectivity index (χ0v) is 18.3. The third-order valence-corrected chi connectivity index (χ3v) is 5.59. The fourth-order valence-electron chi connectivity index (χ4n) is 3.87. The molecule has 0 unspecified atom stereocenters. The van der Waals surface area contributed by atoms with Gasteiger partial charge in [0.15, 0.2) is 5.76 Å². The number of aromatic nitrogens is 1. The molecule has 3 heterocycles. The molecule has 1 saturated heterocycles. The van der Waals surface area contributed by atoms with Crippen LogP contribution >= 0.6 is 0 Å². The van der Waals surface area contributed by atoms with Crippen LogP contribution in [0.4, 0.5) is 5.88 Å². The summed E-state index contributed by atoms with van der Waals surface area (Å²) >= 11 is 0. The summed E-state index contributed by atoms with van der Waals surface area (Å²) in [7, 11) is 0. The van der Waals surface area contributed by atoms with Crippen molar-refractivity contribution in [3.63, 3.8) is 0 Å². The van der Waals surface area contributed by atoms with Crippen LogP contribution in [0.1, 0.15) is 41.4 Å². The van der Waals surface area contributed by atoms with Crippen molar-refractivity contribution >= 4 is 17.7 Å². The minimum atomic E-state index is -0.133. The van der Waals surface area contributed by atoms with Crippen molar-refractivity contribution in [2.45, 2.75) is 26.3 Å². The molecule has 33 heavy (non-hydrogen) atoms. The van der Waals surface area contributed by atoms with E-state index in [2.05, 4.69) is 21.7 Å². The van der Waals surface area contributed by atoms with Gasteiger partial charge in [-0.3, -0.25) is 9.59 Å². The van der Waals surface area contributed by atoms with Gasteiger partial charge in [0, 0.05) is 37.7 Å². The van der Waals surface area contributed by atoms with E-state index in [1.165, 1.54) is 6.26 Å². The Morgan fingerprint density at radius 3 is 2.73 bits per heavy atom. The number of piperidine rings is 1. The lowest BCUT2D eigenvalue weighted by molar-refractivity contribution is -0.125. The van der Waals surface area contributed by atoms with Crippen molar-refractivity contribution in [1.29, 1.82) is 5.26 Å². The quantitative estimate of drug-likeness (QED) is 0.570. The van der Waals surface area contributed by atoms with Gasteiger partial charge >= 0.3 is 0 Å². The Morgan fingerprint density at radius 2 is 2.03 bits per heavy atom. The number of anilines is 1. The summed E-state index contributed by atoms with van der Waals surface area (Å²) in [5, 5.41) is 15.2. The molecule has 0 bridgehead atoms. The molecule has 170 valence electrons. The maximum atomic E-state index is 12.7. The number of oxazole rings is 1. The number of rotatable bonds is 7. The Bertz CT molecular complexity index is 1150. The molecule has 9 heteroatoms. The highest BCUT2D eigenvalue weighted by Gasteiger charge is 2.29. The number of amides is 2. The molecule has 1 fully saturated rings. The number of nitriles is 1. The molecule has 2 aromatic heterocycles. The monoisotopic (exact) mass is 447 g/mol. The molecule has 1 aromatic carbocycles. The molecule has 1 aliphatic rings. The summed E-state index contributed by atoms with van der Waals surface area (Å²) in [4.78, 5) is 30.9. The summed E-state index contributed by atoms with van der Waals surface area (Å²) < 4.78 is 11.1. The zero-order valence-electron chi connectivity index (χ0n) is 18.3. The number of nitrogens with zero attached hydrogens (tertiary/aromatic N) is 3. The van der Waals surface area contributed by atoms with E-state index < -0.39 is 0 Å². The maximum absolute atomic E-state index is 12.7. The minimum Gasteiger partial charge on any atom is -0.459 e. The average Bonchev–Trinajstić information content (AvgIpc) is 3.53. The van der Waals surface area contributed by atoms with E-state index >= 15 is 0 Å². The van der Waals surface area contributed by atoms with Gasteiger partial charge in [-0.05, 0) is 49.6 Å². The highest BCUT2D eigenvalue weighted by atomic mass is 16.4. The van der Waals surface area contributed by atoms with Crippen molar-refractivity contribution in [2.75, 3.05) is 24.5 Å². The number of furan rings is 1. The number of carbonyl (C=O) groups excluding carboxylic acids is 2. The number of hydrogen-bond donors (Lipinski definition) is 2. The zero-order chi connectivity index (χ0) is 23.2. The Hall–Kier alpha value is -4.06. The van der Waals surface area contributed by atoms with Gasteiger partial charge < -0.3 is 24.4 Å². The number of benzene rings is 1. The summed E-state index contributed by atoms with van der Waals surface area (Å²) in [5.74, 6) is 0.852. The molecule has 0 aliphatic carbocycles. The highest BCUT2D eigenvalue weighted by molar-refractivity contribution is 5.94. The van der Waals surface area contributed by atoms with Crippen LogP contribution in [-0.4, -0.2) is 36.4 Å². The van der Waals surface area contributed by atoms with Crippen LogP contribution in [0.2, 0.25) is 0 Å². The molecular formula is C24H25N5O4. The second-order valence-corrected chi connectivity index (χ2v) is 7.80. The van der Waals surface area contributed by atoms with Crippen molar-refractivity contribution in [2.24, 2.45) is 5.92 Å². The van der Waals surface area contributed by atoms with E-state index in [-0.39, 0.29) is 29.3 Å². The third-order valence-electron chi connectivity index (χ3n) is 5.59. The van der Waals surface area contributed by atoms with E-state index in [0.717, 1.165) is 5.56 Å². The lowest BCUT2D eigenvalue weighted by Crippen LogP contribution is -2.40. The van der Waals surface area contributed by atoms with Gasteiger partial charge in [-0.25, -0.2) is 0 Å². The minimum absolute atomic E-state index is 0.0209. The van der Waals surface area contributed by atoms with Crippen LogP contribution in [0, 0.1) is 17.2 Å². The maximum Gasteiger partial charge on any atom is 0.266 e. The average molecular weight is 447 g/mol. The van der Waals surface area contributed by atoms with Gasteiger partial charge in [0.05, 0.1) is 6.26 Å². The lowest BCUT2D eigenvalue weighted by atomic mass is 9.95. The van der Waals surface area contributed by atoms with Crippen LogP contribution in [0.5, 0.6) is 0 Å². The first-order valence-corrected chi connectivity index (χ1v) is 10.9. The molecule has 1 aliphatic heterocycles. The molecule has 3 aromatic rings. The van der Waals surface area contributed by atoms with E-state index in [1.54, 1.807) is 24.3 Å². The smallest absolute Gasteiger partial charge is 0.266 e. The predicted molar refractivity (Wildman–Crippen MR) is 120 cm³/mol. The van der Waals surface area contributed by atoms with E-state index in [1.807, 2.05) is 24.0 Å². The van der Waals surface area contributed by atoms with Crippen molar-refractivity contribution < 1.29 is 18.4 Å². The van der Waals surface area contributed by atoms with Crippen molar-refractivity contribution in [1.82, 2.24) is 15.6 Å². The van der Waals surface area contributed by atoms with Gasteiger partial charge in [0.2, 0.25) is 17.5 Å². The predicted octanol–water partition coefficient (Wildman–Crippen LogP) is 3.09. The Kier molecular flexibility index (Phi) is 6.74. The second kappa shape index (κ2) is 10.0. The van der Waals surface area contributed by atoms with Crippen LogP contribution in [0.25, 0.3) is 11.7 Å². The molecule has 9 nitrogen and oxygen atoms in total.